The summed E-state index contributed by atoms with van der Waals surface area (Å²) in [5, 5.41) is 11.9. The van der Waals surface area contributed by atoms with Gasteiger partial charge in [0.05, 0.1) is 12.8 Å². The van der Waals surface area contributed by atoms with E-state index in [0.717, 1.165) is 0 Å². The van der Waals surface area contributed by atoms with Crippen molar-refractivity contribution in [2.75, 3.05) is 12.8 Å². The maximum Gasteiger partial charge on any atom is 0.387 e. The Morgan fingerprint density at radius 3 is 2.58 bits per heavy atom. The molecule has 0 aliphatic carbocycles. The predicted octanol–water partition coefficient (Wildman–Crippen LogP) is 2.33. The molecule has 0 fully saturated rings. The summed E-state index contributed by atoms with van der Waals surface area (Å²) in [6.07, 6.45) is 1.61. The Morgan fingerprint density at radius 2 is 1.96 bits per heavy atom. The van der Waals surface area contributed by atoms with Crippen molar-refractivity contribution in [3.63, 3.8) is 0 Å². The monoisotopic (exact) mass is 337 g/mol. The van der Waals surface area contributed by atoms with Gasteiger partial charge >= 0.3 is 6.61 Å². The molecule has 0 atom stereocenters. The van der Waals surface area contributed by atoms with Gasteiger partial charge in [-0.25, -0.2) is 0 Å². The second-order valence-electron chi connectivity index (χ2n) is 4.76. The fraction of sp³-hybridized carbons (Fsp3) is 0.214. The van der Waals surface area contributed by atoms with Gasteiger partial charge in [0.1, 0.15) is 0 Å². The summed E-state index contributed by atoms with van der Waals surface area (Å²) >= 11 is 0. The second-order valence-corrected chi connectivity index (χ2v) is 4.76. The average molecular weight is 337 g/mol. The summed E-state index contributed by atoms with van der Waals surface area (Å²) < 4.78 is 41.2. The highest BCUT2D eigenvalue weighted by atomic mass is 19.3. The van der Waals surface area contributed by atoms with Crippen molar-refractivity contribution in [2.24, 2.45) is 7.05 Å². The molecular weight excluding hydrogens is 324 g/mol. The van der Waals surface area contributed by atoms with Gasteiger partial charge in [-0.05, 0) is 18.2 Å². The van der Waals surface area contributed by atoms with E-state index in [4.69, 9.17) is 14.9 Å². The van der Waals surface area contributed by atoms with Crippen molar-refractivity contribution in [2.45, 2.75) is 6.61 Å². The lowest BCUT2D eigenvalue weighted by Crippen LogP contribution is -2.03. The summed E-state index contributed by atoms with van der Waals surface area (Å²) in [6, 6.07) is 4.29. The van der Waals surface area contributed by atoms with Gasteiger partial charge in [-0.3, -0.25) is 4.68 Å². The minimum absolute atomic E-state index is 0.0926. The van der Waals surface area contributed by atoms with Crippen LogP contribution in [-0.4, -0.2) is 33.7 Å². The number of halogens is 2. The molecule has 24 heavy (non-hydrogen) atoms. The first-order chi connectivity index (χ1) is 11.5. The van der Waals surface area contributed by atoms with Crippen LogP contribution in [-0.2, 0) is 7.05 Å². The van der Waals surface area contributed by atoms with Gasteiger partial charge in [0, 0.05) is 18.8 Å². The third kappa shape index (κ3) is 2.98. The number of nitrogen functional groups attached to an aromatic ring is 1. The van der Waals surface area contributed by atoms with E-state index in [-0.39, 0.29) is 23.3 Å². The number of ether oxygens (including phenoxy) is 2. The van der Waals surface area contributed by atoms with Crippen LogP contribution in [0.3, 0.4) is 0 Å². The molecule has 2 N–H and O–H groups in total. The van der Waals surface area contributed by atoms with Crippen molar-refractivity contribution < 1.29 is 22.7 Å². The maximum absolute atomic E-state index is 12.4. The van der Waals surface area contributed by atoms with Crippen LogP contribution in [0.15, 0.2) is 28.8 Å². The SMILES string of the molecule is COc1cc(-c2nnc(-c3nn(C)cc3N)o2)ccc1OC(F)F. The van der Waals surface area contributed by atoms with E-state index in [9.17, 15) is 8.78 Å². The van der Waals surface area contributed by atoms with Gasteiger partial charge in [-0.1, -0.05) is 0 Å². The van der Waals surface area contributed by atoms with E-state index in [1.165, 1.54) is 30.0 Å². The van der Waals surface area contributed by atoms with Crippen LogP contribution in [0.5, 0.6) is 11.5 Å². The molecule has 1 aromatic carbocycles. The zero-order chi connectivity index (χ0) is 17.3. The Bertz CT molecular complexity index is 862. The summed E-state index contributed by atoms with van der Waals surface area (Å²) in [5.74, 6) is 0.335. The molecule has 0 unspecified atom stereocenters. The lowest BCUT2D eigenvalue weighted by Gasteiger charge is -2.10. The minimum atomic E-state index is -2.95. The molecular formula is C14H13F2N5O3. The number of alkyl halides is 2. The first kappa shape index (κ1) is 15.7. The van der Waals surface area contributed by atoms with Crippen LogP contribution in [0, 0.1) is 0 Å². The summed E-state index contributed by atoms with van der Waals surface area (Å²) in [4.78, 5) is 0. The minimum Gasteiger partial charge on any atom is -0.493 e. The highest BCUT2D eigenvalue weighted by molar-refractivity contribution is 5.66. The average Bonchev–Trinajstić information content (AvgIpc) is 3.13. The van der Waals surface area contributed by atoms with Crippen LogP contribution in [0.2, 0.25) is 0 Å². The Morgan fingerprint density at radius 1 is 1.21 bits per heavy atom. The molecule has 0 spiro atoms. The Hall–Kier alpha value is -3.17. The van der Waals surface area contributed by atoms with Gasteiger partial charge in [0.15, 0.2) is 17.2 Å². The van der Waals surface area contributed by atoms with Crippen molar-refractivity contribution in [1.29, 1.82) is 0 Å². The topological polar surface area (TPSA) is 101 Å². The molecule has 0 amide bonds. The predicted molar refractivity (Wildman–Crippen MR) is 79.5 cm³/mol. The van der Waals surface area contributed by atoms with E-state index in [1.807, 2.05) is 0 Å². The van der Waals surface area contributed by atoms with E-state index < -0.39 is 6.61 Å². The maximum atomic E-state index is 12.4. The zero-order valence-electron chi connectivity index (χ0n) is 12.7. The fourth-order valence-corrected chi connectivity index (χ4v) is 2.10. The van der Waals surface area contributed by atoms with Crippen molar-refractivity contribution in [3.8, 4) is 34.5 Å². The lowest BCUT2D eigenvalue weighted by molar-refractivity contribution is -0.0512. The van der Waals surface area contributed by atoms with Crippen molar-refractivity contribution >= 4 is 5.69 Å². The molecule has 2 aromatic heterocycles. The molecule has 0 aliphatic rings. The van der Waals surface area contributed by atoms with Crippen LogP contribution in [0.1, 0.15) is 0 Å². The molecule has 3 rings (SSSR count). The Balaban J connectivity index is 1.94. The fourth-order valence-electron chi connectivity index (χ4n) is 2.10. The van der Waals surface area contributed by atoms with Gasteiger partial charge in [0.25, 0.3) is 5.89 Å². The standard InChI is InChI=1S/C14H13F2N5O3/c1-21-6-8(17)11(20-21)13-19-18-12(24-13)7-3-4-9(23-14(15)16)10(5-7)22-2/h3-6,14H,17H2,1-2H3. The molecule has 0 radical (unpaired) electrons. The lowest BCUT2D eigenvalue weighted by atomic mass is 10.2. The number of aryl methyl sites for hydroxylation is 1. The highest BCUT2D eigenvalue weighted by Crippen LogP contribution is 2.34. The number of methoxy groups -OCH3 is 1. The first-order valence-electron chi connectivity index (χ1n) is 6.74. The molecule has 0 bridgehead atoms. The zero-order valence-corrected chi connectivity index (χ0v) is 12.7. The van der Waals surface area contributed by atoms with E-state index in [2.05, 4.69) is 20.0 Å². The van der Waals surface area contributed by atoms with E-state index in [0.29, 0.717) is 16.9 Å². The van der Waals surface area contributed by atoms with E-state index in [1.54, 1.807) is 13.2 Å². The third-order valence-corrected chi connectivity index (χ3v) is 3.11. The van der Waals surface area contributed by atoms with Crippen LogP contribution in [0.25, 0.3) is 23.0 Å². The molecule has 0 saturated carbocycles. The quantitative estimate of drug-likeness (QED) is 0.762. The third-order valence-electron chi connectivity index (χ3n) is 3.11. The summed E-state index contributed by atoms with van der Waals surface area (Å²) in [6.45, 7) is -2.95. The second kappa shape index (κ2) is 6.14. The van der Waals surface area contributed by atoms with Gasteiger partial charge in [-0.2, -0.15) is 13.9 Å². The highest BCUT2D eigenvalue weighted by Gasteiger charge is 2.18. The summed E-state index contributed by atoms with van der Waals surface area (Å²) in [5.41, 5.74) is 7.04. The van der Waals surface area contributed by atoms with Gasteiger partial charge in [0.2, 0.25) is 5.89 Å². The van der Waals surface area contributed by atoms with Crippen LogP contribution in [0.4, 0.5) is 14.5 Å². The van der Waals surface area contributed by atoms with Crippen LogP contribution >= 0.6 is 0 Å². The Labute approximate surface area is 134 Å². The molecule has 3 aromatic rings. The smallest absolute Gasteiger partial charge is 0.387 e. The first-order valence-corrected chi connectivity index (χ1v) is 6.74. The van der Waals surface area contributed by atoms with E-state index >= 15 is 0 Å². The number of aromatic nitrogens is 4. The number of nitrogens with zero attached hydrogens (tertiary/aromatic N) is 4. The van der Waals surface area contributed by atoms with Crippen molar-refractivity contribution in [3.05, 3.63) is 24.4 Å². The molecule has 2 heterocycles. The number of anilines is 1. The normalized spacial score (nSPS) is 11.0. The van der Waals surface area contributed by atoms with Gasteiger partial charge < -0.3 is 19.6 Å². The number of benzene rings is 1. The molecule has 126 valence electrons. The number of hydrogen-bond acceptors (Lipinski definition) is 7. The molecule has 0 aliphatic heterocycles. The van der Waals surface area contributed by atoms with Gasteiger partial charge in [-0.15, -0.1) is 10.2 Å². The molecule has 8 nitrogen and oxygen atoms in total. The van der Waals surface area contributed by atoms with Crippen LogP contribution < -0.4 is 15.2 Å². The van der Waals surface area contributed by atoms with Crippen molar-refractivity contribution in [1.82, 2.24) is 20.0 Å². The number of rotatable bonds is 5. The Kier molecular flexibility index (Phi) is 4.02. The molecule has 0 saturated heterocycles. The molecule has 10 heteroatoms. The largest absolute Gasteiger partial charge is 0.493 e. The summed E-state index contributed by atoms with van der Waals surface area (Å²) in [7, 11) is 3.05. The number of hydrogen-bond donors (Lipinski definition) is 1. The number of nitrogens with two attached hydrogens (primary N) is 1.